The van der Waals surface area contributed by atoms with Crippen molar-refractivity contribution in [3.63, 3.8) is 0 Å². The summed E-state index contributed by atoms with van der Waals surface area (Å²) in [6.07, 6.45) is 0. The Bertz CT molecular complexity index is 1020. The zero-order valence-electron chi connectivity index (χ0n) is 16.7. The minimum atomic E-state index is -0.00985. The molecule has 0 radical (unpaired) electrons. The van der Waals surface area contributed by atoms with Crippen molar-refractivity contribution < 1.29 is 23.4 Å². The van der Waals surface area contributed by atoms with Gasteiger partial charge < -0.3 is 23.5 Å². The Morgan fingerprint density at radius 2 is 1.93 bits per heavy atom. The maximum absolute atomic E-state index is 12.7. The van der Waals surface area contributed by atoms with Gasteiger partial charge in [-0.25, -0.2) is 0 Å². The summed E-state index contributed by atoms with van der Waals surface area (Å²) in [6, 6.07) is 13.0. The molecule has 1 aromatic heterocycles. The van der Waals surface area contributed by atoms with Crippen molar-refractivity contribution in [3.8, 4) is 28.7 Å². The van der Waals surface area contributed by atoms with Crippen molar-refractivity contribution in [1.29, 1.82) is 0 Å². The molecule has 0 saturated carbocycles. The fraction of sp³-hybridized carbons (Fsp3) is 0.286. The number of hydrogen-bond donors (Lipinski definition) is 0. The van der Waals surface area contributed by atoms with Crippen LogP contribution in [0.25, 0.3) is 11.5 Å². The molecular weight excluding hydrogens is 406 g/mol. The van der Waals surface area contributed by atoms with Crippen LogP contribution in [0.4, 0.5) is 0 Å². The van der Waals surface area contributed by atoms with Gasteiger partial charge in [0.05, 0.1) is 12.9 Å². The van der Waals surface area contributed by atoms with Gasteiger partial charge in [-0.15, -0.1) is 10.2 Å². The number of thioether (sulfide) groups is 1. The van der Waals surface area contributed by atoms with E-state index in [1.165, 1.54) is 11.8 Å². The second-order valence-corrected chi connectivity index (χ2v) is 7.41. The summed E-state index contributed by atoms with van der Waals surface area (Å²) in [5.41, 5.74) is 1.78. The van der Waals surface area contributed by atoms with Crippen LogP contribution in [-0.2, 0) is 11.3 Å². The van der Waals surface area contributed by atoms with Crippen molar-refractivity contribution in [2.45, 2.75) is 18.7 Å². The number of methoxy groups -OCH3 is 1. The van der Waals surface area contributed by atoms with Crippen LogP contribution in [0.1, 0.15) is 12.5 Å². The smallest absolute Gasteiger partial charge is 0.277 e. The number of benzene rings is 2. The molecule has 0 spiro atoms. The number of fused-ring (bicyclic) bond motifs is 1. The molecule has 1 aliphatic heterocycles. The van der Waals surface area contributed by atoms with Crippen molar-refractivity contribution in [2.75, 3.05) is 26.2 Å². The Balaban J connectivity index is 1.34. The summed E-state index contributed by atoms with van der Waals surface area (Å²) in [7, 11) is 1.61. The highest BCUT2D eigenvalue weighted by atomic mass is 32.2. The fourth-order valence-corrected chi connectivity index (χ4v) is 3.64. The van der Waals surface area contributed by atoms with E-state index in [1.807, 2.05) is 49.4 Å². The Hall–Kier alpha value is -3.20. The molecule has 3 aromatic rings. The number of rotatable bonds is 8. The lowest BCUT2D eigenvalue weighted by atomic mass is 10.2. The van der Waals surface area contributed by atoms with E-state index in [0.717, 1.165) is 22.6 Å². The summed E-state index contributed by atoms with van der Waals surface area (Å²) in [5, 5.41) is 8.44. The van der Waals surface area contributed by atoms with Crippen LogP contribution in [-0.4, -0.2) is 47.2 Å². The predicted molar refractivity (Wildman–Crippen MR) is 111 cm³/mol. The van der Waals surface area contributed by atoms with Crippen LogP contribution in [0.15, 0.2) is 52.1 Å². The molecule has 8 nitrogen and oxygen atoms in total. The lowest BCUT2D eigenvalue weighted by Crippen LogP contribution is -2.31. The minimum Gasteiger partial charge on any atom is -0.497 e. The van der Waals surface area contributed by atoms with E-state index >= 15 is 0 Å². The summed E-state index contributed by atoms with van der Waals surface area (Å²) < 4.78 is 21.6. The van der Waals surface area contributed by atoms with Crippen LogP contribution >= 0.6 is 11.8 Å². The molecule has 0 N–H and O–H groups in total. The zero-order valence-corrected chi connectivity index (χ0v) is 17.5. The highest BCUT2D eigenvalue weighted by molar-refractivity contribution is 7.99. The molecule has 2 aromatic carbocycles. The van der Waals surface area contributed by atoms with E-state index in [-0.39, 0.29) is 18.5 Å². The third-order valence-corrected chi connectivity index (χ3v) is 5.41. The average Bonchev–Trinajstić information content (AvgIpc) is 3.45. The van der Waals surface area contributed by atoms with Gasteiger partial charge in [-0.3, -0.25) is 4.79 Å². The second kappa shape index (κ2) is 9.08. The standard InChI is InChI=1S/C21H21N3O5S/c1-3-24(11-14-4-9-17-18(10-14)28-13-27-17)19(25)12-30-21-23-22-20(29-21)15-5-7-16(26-2)8-6-15/h4-10H,3,11-13H2,1-2H3. The molecule has 0 aliphatic carbocycles. The van der Waals surface area contributed by atoms with Gasteiger partial charge in [0, 0.05) is 18.7 Å². The Labute approximate surface area is 178 Å². The van der Waals surface area contributed by atoms with Gasteiger partial charge in [0.2, 0.25) is 18.6 Å². The number of aromatic nitrogens is 2. The Kier molecular flexibility index (Phi) is 6.08. The number of carbonyl (C=O) groups is 1. The van der Waals surface area contributed by atoms with Crippen molar-refractivity contribution >= 4 is 17.7 Å². The third kappa shape index (κ3) is 4.51. The van der Waals surface area contributed by atoms with Crippen molar-refractivity contribution in [3.05, 3.63) is 48.0 Å². The zero-order chi connectivity index (χ0) is 20.9. The number of ether oxygens (including phenoxy) is 3. The summed E-state index contributed by atoms with van der Waals surface area (Å²) >= 11 is 1.23. The van der Waals surface area contributed by atoms with Crippen molar-refractivity contribution in [2.24, 2.45) is 0 Å². The van der Waals surface area contributed by atoms with Gasteiger partial charge in [0.25, 0.3) is 5.22 Å². The number of hydrogen-bond acceptors (Lipinski definition) is 8. The van der Waals surface area contributed by atoms with Crippen LogP contribution in [0.5, 0.6) is 17.2 Å². The van der Waals surface area contributed by atoms with E-state index in [9.17, 15) is 4.79 Å². The van der Waals surface area contributed by atoms with Gasteiger partial charge in [-0.1, -0.05) is 17.8 Å². The van der Waals surface area contributed by atoms with Gasteiger partial charge in [-0.05, 0) is 48.9 Å². The number of nitrogens with zero attached hydrogens (tertiary/aromatic N) is 3. The fourth-order valence-electron chi connectivity index (χ4n) is 2.97. The Morgan fingerprint density at radius 1 is 1.13 bits per heavy atom. The van der Waals surface area contributed by atoms with Crippen LogP contribution in [0.3, 0.4) is 0 Å². The average molecular weight is 427 g/mol. The summed E-state index contributed by atoms with van der Waals surface area (Å²) in [4.78, 5) is 14.4. The van der Waals surface area contributed by atoms with Crippen LogP contribution < -0.4 is 14.2 Å². The van der Waals surface area contributed by atoms with E-state index < -0.39 is 0 Å². The molecule has 2 heterocycles. The third-order valence-electron chi connectivity index (χ3n) is 4.61. The molecule has 4 rings (SSSR count). The van der Waals surface area contributed by atoms with E-state index in [1.54, 1.807) is 12.0 Å². The molecule has 0 bridgehead atoms. The van der Waals surface area contributed by atoms with Gasteiger partial charge in [0.1, 0.15) is 5.75 Å². The van der Waals surface area contributed by atoms with E-state index in [0.29, 0.717) is 30.0 Å². The second-order valence-electron chi connectivity index (χ2n) is 6.49. The highest BCUT2D eigenvalue weighted by Crippen LogP contribution is 2.33. The van der Waals surface area contributed by atoms with Gasteiger partial charge >= 0.3 is 0 Å². The molecule has 0 fully saturated rings. The lowest BCUT2D eigenvalue weighted by molar-refractivity contribution is -0.128. The molecule has 1 amide bonds. The highest BCUT2D eigenvalue weighted by Gasteiger charge is 2.18. The SMILES string of the molecule is CCN(Cc1ccc2c(c1)OCO2)C(=O)CSc1nnc(-c2ccc(OC)cc2)o1. The number of amides is 1. The molecule has 1 aliphatic rings. The first-order valence-electron chi connectivity index (χ1n) is 9.43. The molecule has 9 heteroatoms. The maximum Gasteiger partial charge on any atom is 0.277 e. The largest absolute Gasteiger partial charge is 0.497 e. The molecule has 30 heavy (non-hydrogen) atoms. The monoisotopic (exact) mass is 427 g/mol. The van der Waals surface area contributed by atoms with Crippen LogP contribution in [0, 0.1) is 0 Å². The lowest BCUT2D eigenvalue weighted by Gasteiger charge is -2.20. The summed E-state index contributed by atoms with van der Waals surface area (Å²) in [6.45, 7) is 3.26. The quantitative estimate of drug-likeness (QED) is 0.504. The molecule has 0 unspecified atom stereocenters. The summed E-state index contributed by atoms with van der Waals surface area (Å²) in [5.74, 6) is 2.79. The maximum atomic E-state index is 12.7. The molecule has 0 atom stereocenters. The first-order chi connectivity index (χ1) is 14.7. The normalized spacial score (nSPS) is 12.1. The molecule has 156 valence electrons. The van der Waals surface area contributed by atoms with Gasteiger partial charge in [-0.2, -0.15) is 0 Å². The minimum absolute atomic E-state index is 0.00985. The van der Waals surface area contributed by atoms with E-state index in [4.69, 9.17) is 18.6 Å². The number of carbonyl (C=O) groups excluding carboxylic acids is 1. The predicted octanol–water partition coefficient (Wildman–Crippen LogP) is 3.61. The molecule has 0 saturated heterocycles. The first-order valence-corrected chi connectivity index (χ1v) is 10.4. The Morgan fingerprint density at radius 3 is 2.70 bits per heavy atom. The van der Waals surface area contributed by atoms with Crippen molar-refractivity contribution in [1.82, 2.24) is 15.1 Å². The molecular formula is C21H21N3O5S. The first kappa shape index (κ1) is 20.1. The van der Waals surface area contributed by atoms with E-state index in [2.05, 4.69) is 10.2 Å². The van der Waals surface area contributed by atoms with Gasteiger partial charge in [0.15, 0.2) is 11.5 Å². The topological polar surface area (TPSA) is 86.9 Å². The van der Waals surface area contributed by atoms with Crippen LogP contribution in [0.2, 0.25) is 0 Å².